The Morgan fingerprint density at radius 1 is 1.19 bits per heavy atom. The van der Waals surface area contributed by atoms with Crippen molar-refractivity contribution in [2.75, 3.05) is 27.4 Å². The summed E-state index contributed by atoms with van der Waals surface area (Å²) in [6, 6.07) is 8.04. The predicted molar refractivity (Wildman–Crippen MR) is 105 cm³/mol. The summed E-state index contributed by atoms with van der Waals surface area (Å²) < 4.78 is 44.5. The van der Waals surface area contributed by atoms with Crippen LogP contribution in [0.5, 0.6) is 11.5 Å². The fourth-order valence-electron chi connectivity index (χ4n) is 3.47. The van der Waals surface area contributed by atoms with E-state index in [0.717, 1.165) is 35.8 Å². The van der Waals surface area contributed by atoms with Crippen molar-refractivity contribution < 1.29 is 37.3 Å². The first kappa shape index (κ1) is 23.4. The topological polar surface area (TPSA) is 97.1 Å². The van der Waals surface area contributed by atoms with Crippen LogP contribution in [-0.2, 0) is 29.2 Å². The second-order valence-electron chi connectivity index (χ2n) is 7.59. The normalized spacial score (nSPS) is 17.6. The first-order valence-electron chi connectivity index (χ1n) is 9.67. The molecule has 2 aliphatic rings. The largest absolute Gasteiger partial charge is 0.490 e. The number of hydrogen-bond acceptors (Lipinski definition) is 6. The lowest BCUT2D eigenvalue weighted by Crippen LogP contribution is -2.38. The fraction of sp³-hybridized carbons (Fsp3) is 0.450. The first-order chi connectivity index (χ1) is 15.0. The smallest absolute Gasteiger partial charge is 0.475 e. The number of aliphatic carboxylic acids is 1. The summed E-state index contributed by atoms with van der Waals surface area (Å²) in [5, 5.41) is 11.5. The van der Waals surface area contributed by atoms with Gasteiger partial charge in [-0.3, -0.25) is 14.4 Å². The third kappa shape index (κ3) is 5.69. The number of halogens is 3. The molecule has 0 radical (unpaired) electrons. The number of fused-ring (bicyclic) bond motifs is 2. The number of ether oxygens (including phenoxy) is 2. The highest BCUT2D eigenvalue weighted by molar-refractivity contribution is 5.78. The van der Waals surface area contributed by atoms with Crippen molar-refractivity contribution in [3.8, 4) is 11.5 Å². The molecule has 1 amide bonds. The van der Waals surface area contributed by atoms with Gasteiger partial charge >= 0.3 is 12.1 Å². The van der Waals surface area contributed by atoms with Gasteiger partial charge in [0.05, 0.1) is 18.2 Å². The summed E-state index contributed by atoms with van der Waals surface area (Å²) in [6.45, 7) is 3.12. The number of benzene rings is 1. The standard InChI is InChI=1S/C18H22N4O3.C2HF3O2/c1-20(2)18(23)14-9-21(11-15-5-6-19-22(15)10-14)8-13-3-4-16-17(7-13)25-12-24-16;3-2(4,5)1(6)7/h3-7,14H,8-12H2,1-2H3;(H,6,7). The van der Waals surface area contributed by atoms with Gasteiger partial charge in [0.25, 0.3) is 0 Å². The molecule has 9 nitrogen and oxygen atoms in total. The van der Waals surface area contributed by atoms with Gasteiger partial charge < -0.3 is 19.5 Å². The Balaban J connectivity index is 0.000000360. The van der Waals surface area contributed by atoms with Crippen LogP contribution in [0.2, 0.25) is 0 Å². The van der Waals surface area contributed by atoms with E-state index in [9.17, 15) is 18.0 Å². The van der Waals surface area contributed by atoms with E-state index in [0.29, 0.717) is 13.1 Å². The number of rotatable bonds is 3. The van der Waals surface area contributed by atoms with Crippen LogP contribution in [0.1, 0.15) is 11.3 Å². The lowest BCUT2D eigenvalue weighted by molar-refractivity contribution is -0.192. The summed E-state index contributed by atoms with van der Waals surface area (Å²) in [4.78, 5) is 25.4. The van der Waals surface area contributed by atoms with Crippen LogP contribution in [0.25, 0.3) is 0 Å². The van der Waals surface area contributed by atoms with Gasteiger partial charge in [-0.1, -0.05) is 6.07 Å². The summed E-state index contributed by atoms with van der Waals surface area (Å²) in [5.41, 5.74) is 2.28. The molecular formula is C20H23F3N4O5. The van der Waals surface area contributed by atoms with Crippen LogP contribution < -0.4 is 9.47 Å². The summed E-state index contributed by atoms with van der Waals surface area (Å²) in [6.07, 6.45) is -3.28. The molecule has 32 heavy (non-hydrogen) atoms. The molecule has 12 heteroatoms. The van der Waals surface area contributed by atoms with Crippen LogP contribution in [-0.4, -0.2) is 70.2 Å². The highest BCUT2D eigenvalue weighted by Crippen LogP contribution is 2.33. The Morgan fingerprint density at radius 3 is 2.53 bits per heavy atom. The van der Waals surface area contributed by atoms with E-state index in [-0.39, 0.29) is 18.6 Å². The van der Waals surface area contributed by atoms with E-state index in [1.165, 1.54) is 0 Å². The Kier molecular flexibility index (Phi) is 6.92. The quantitative estimate of drug-likeness (QED) is 0.754. The van der Waals surface area contributed by atoms with Gasteiger partial charge in [0.2, 0.25) is 12.7 Å². The minimum Gasteiger partial charge on any atom is -0.475 e. The SMILES string of the molecule is CN(C)C(=O)C1CN(Cc2ccc3c(c2)OCO3)Cc2ccnn2C1.O=C(O)C(F)(F)F. The van der Waals surface area contributed by atoms with Crippen LogP contribution in [0, 0.1) is 5.92 Å². The zero-order chi connectivity index (χ0) is 23.5. The van der Waals surface area contributed by atoms with Gasteiger partial charge in [0.15, 0.2) is 11.5 Å². The number of aromatic nitrogens is 2. The number of nitrogens with zero attached hydrogens (tertiary/aromatic N) is 4. The molecule has 0 saturated heterocycles. The van der Waals surface area contributed by atoms with E-state index < -0.39 is 12.1 Å². The Morgan fingerprint density at radius 2 is 1.88 bits per heavy atom. The molecule has 2 aromatic rings. The van der Waals surface area contributed by atoms with Crippen molar-refractivity contribution in [1.82, 2.24) is 19.6 Å². The van der Waals surface area contributed by atoms with Crippen LogP contribution in [0.4, 0.5) is 13.2 Å². The van der Waals surface area contributed by atoms with Crippen molar-refractivity contribution in [2.45, 2.75) is 25.8 Å². The molecule has 0 bridgehead atoms. The molecule has 1 aromatic carbocycles. The molecule has 0 spiro atoms. The Bertz CT molecular complexity index is 976. The maximum absolute atomic E-state index is 12.6. The minimum atomic E-state index is -5.08. The highest BCUT2D eigenvalue weighted by atomic mass is 19.4. The van der Waals surface area contributed by atoms with Gasteiger partial charge in [-0.15, -0.1) is 0 Å². The van der Waals surface area contributed by atoms with Gasteiger partial charge in [-0.2, -0.15) is 18.3 Å². The van der Waals surface area contributed by atoms with E-state index in [2.05, 4.69) is 16.1 Å². The van der Waals surface area contributed by atoms with Crippen LogP contribution in [0.15, 0.2) is 30.5 Å². The van der Waals surface area contributed by atoms with Crippen molar-refractivity contribution in [2.24, 2.45) is 5.92 Å². The van der Waals surface area contributed by atoms with Crippen molar-refractivity contribution in [3.63, 3.8) is 0 Å². The molecule has 3 heterocycles. The average Bonchev–Trinajstić information content (AvgIpc) is 3.32. The molecule has 1 atom stereocenters. The van der Waals surface area contributed by atoms with Gasteiger partial charge in [0.1, 0.15) is 0 Å². The number of carboxylic acid groups (broad SMARTS) is 1. The van der Waals surface area contributed by atoms with Crippen molar-refractivity contribution in [1.29, 1.82) is 0 Å². The highest BCUT2D eigenvalue weighted by Gasteiger charge is 2.38. The van der Waals surface area contributed by atoms with Crippen LogP contribution >= 0.6 is 0 Å². The van der Waals surface area contributed by atoms with Gasteiger partial charge in [-0.25, -0.2) is 4.79 Å². The number of carbonyl (C=O) groups is 2. The molecule has 0 saturated carbocycles. The van der Waals surface area contributed by atoms with E-state index in [4.69, 9.17) is 19.4 Å². The average molecular weight is 456 g/mol. The molecule has 1 aromatic heterocycles. The maximum atomic E-state index is 12.6. The lowest BCUT2D eigenvalue weighted by Gasteiger charge is -2.25. The molecule has 0 aliphatic carbocycles. The lowest BCUT2D eigenvalue weighted by atomic mass is 10.1. The summed E-state index contributed by atoms with van der Waals surface area (Å²) in [5.74, 6) is -1.15. The molecule has 1 N–H and O–H groups in total. The van der Waals surface area contributed by atoms with E-state index >= 15 is 0 Å². The monoisotopic (exact) mass is 456 g/mol. The first-order valence-corrected chi connectivity index (χ1v) is 9.67. The maximum Gasteiger partial charge on any atom is 0.490 e. The fourth-order valence-corrected chi connectivity index (χ4v) is 3.47. The number of alkyl halides is 3. The van der Waals surface area contributed by atoms with E-state index in [1.54, 1.807) is 25.2 Å². The number of carbonyl (C=O) groups excluding carboxylic acids is 1. The van der Waals surface area contributed by atoms with Crippen molar-refractivity contribution >= 4 is 11.9 Å². The Hall–Kier alpha value is -3.28. The second kappa shape index (κ2) is 9.47. The predicted octanol–water partition coefficient (Wildman–Crippen LogP) is 1.97. The minimum absolute atomic E-state index is 0.106. The molecule has 1 unspecified atom stereocenters. The third-order valence-corrected chi connectivity index (χ3v) is 4.94. The summed E-state index contributed by atoms with van der Waals surface area (Å²) in [7, 11) is 3.61. The molecular weight excluding hydrogens is 433 g/mol. The molecule has 174 valence electrons. The molecule has 0 fully saturated rings. The summed E-state index contributed by atoms with van der Waals surface area (Å²) >= 11 is 0. The zero-order valence-corrected chi connectivity index (χ0v) is 17.5. The van der Waals surface area contributed by atoms with Gasteiger partial charge in [0, 0.05) is 39.9 Å². The second-order valence-corrected chi connectivity index (χ2v) is 7.59. The number of amides is 1. The third-order valence-electron chi connectivity index (χ3n) is 4.94. The molecule has 4 rings (SSSR count). The Labute approximate surface area is 181 Å². The number of hydrogen-bond donors (Lipinski definition) is 1. The van der Waals surface area contributed by atoms with Crippen LogP contribution in [0.3, 0.4) is 0 Å². The van der Waals surface area contributed by atoms with Crippen molar-refractivity contribution in [3.05, 3.63) is 41.7 Å². The zero-order valence-electron chi connectivity index (χ0n) is 17.5. The van der Waals surface area contributed by atoms with Gasteiger partial charge in [-0.05, 0) is 23.8 Å². The van der Waals surface area contributed by atoms with E-state index in [1.807, 2.05) is 22.9 Å². The number of carboxylic acids is 1. The molecule has 2 aliphatic heterocycles.